The van der Waals surface area contributed by atoms with Crippen LogP contribution in [0.5, 0.6) is 0 Å². The Hall–Kier alpha value is -8.40. The number of carbonyl (C=O) groups excluding carboxylic acids is 4. The zero-order valence-corrected chi connectivity index (χ0v) is 55.9. The Labute approximate surface area is 542 Å². The molecule has 16 rings (SSSR count). The number of hydrogen-bond acceptors (Lipinski definition) is 8. The van der Waals surface area contributed by atoms with Crippen LogP contribution in [0.25, 0.3) is 0 Å². The Morgan fingerprint density at radius 2 is 0.522 bits per heavy atom. The van der Waals surface area contributed by atoms with E-state index in [4.69, 9.17) is 0 Å². The lowest BCUT2D eigenvalue weighted by molar-refractivity contribution is 0.101. The van der Waals surface area contributed by atoms with Gasteiger partial charge in [0.2, 0.25) is 0 Å². The van der Waals surface area contributed by atoms with Gasteiger partial charge in [-0.3, -0.25) is 37.9 Å². The smallest absolute Gasteiger partial charge is 0.259 e. The minimum atomic E-state index is -0.0714. The molecule has 8 aromatic rings. The number of anilines is 4. The average Bonchev–Trinajstić information content (AvgIpc) is 1.67. The lowest BCUT2D eigenvalue weighted by atomic mass is 9.97. The lowest BCUT2D eigenvalue weighted by Gasteiger charge is -2.12. The number of carbonyl (C=O) groups is 4. The first-order valence-corrected chi connectivity index (χ1v) is 33.5. The summed E-state index contributed by atoms with van der Waals surface area (Å²) in [6.07, 6.45) is 23.0. The molecule has 16 nitrogen and oxygen atoms in total. The van der Waals surface area contributed by atoms with Gasteiger partial charge in [0.05, 0.1) is 45.0 Å². The van der Waals surface area contributed by atoms with E-state index in [0.717, 1.165) is 69.2 Å². The first kappa shape index (κ1) is 62.4. The molecule has 4 N–H and O–H groups in total. The Kier molecular flexibility index (Phi) is 16.2. The second-order valence-corrected chi connectivity index (χ2v) is 29.8. The first-order valence-electron chi connectivity index (χ1n) is 33.5. The van der Waals surface area contributed by atoms with Crippen LogP contribution in [0.1, 0.15) is 215 Å². The molecule has 0 radical (unpaired) electrons. The van der Waals surface area contributed by atoms with E-state index >= 15 is 0 Å². The van der Waals surface area contributed by atoms with Gasteiger partial charge in [0, 0.05) is 75.7 Å². The molecule has 480 valence electrons. The van der Waals surface area contributed by atoms with E-state index in [-0.39, 0.29) is 23.6 Å². The molecule has 4 heterocycles. The minimum absolute atomic E-state index is 0.0714. The van der Waals surface area contributed by atoms with Crippen molar-refractivity contribution in [1.29, 1.82) is 0 Å². The fraction of sp³-hybridized carbons (Fsp3) is 0.474. The highest BCUT2D eigenvalue weighted by Crippen LogP contribution is 2.70. The molecule has 4 amide bonds. The number of nitrogens with zero attached hydrogens (tertiary/aromatic N) is 8. The molecule has 8 saturated carbocycles. The van der Waals surface area contributed by atoms with Crippen molar-refractivity contribution in [2.75, 3.05) is 21.3 Å². The fourth-order valence-electron chi connectivity index (χ4n) is 15.3. The maximum Gasteiger partial charge on any atom is 0.259 e. The summed E-state index contributed by atoms with van der Waals surface area (Å²) in [7, 11) is 7.34. The van der Waals surface area contributed by atoms with Gasteiger partial charge in [0.1, 0.15) is 0 Å². The largest absolute Gasteiger partial charge is 0.322 e. The number of benzene rings is 4. The lowest BCUT2D eigenvalue weighted by Crippen LogP contribution is -2.14. The Balaban J connectivity index is 0.000000112. The Morgan fingerprint density at radius 3 is 0.685 bits per heavy atom. The number of hydrogen-bond donors (Lipinski definition) is 4. The van der Waals surface area contributed by atoms with Crippen molar-refractivity contribution in [2.24, 2.45) is 73.5 Å². The van der Waals surface area contributed by atoms with Gasteiger partial charge in [-0.2, -0.15) is 20.4 Å². The maximum absolute atomic E-state index is 12.6. The van der Waals surface area contributed by atoms with Crippen LogP contribution < -0.4 is 21.3 Å². The molecular weight excluding hydrogens is 1140 g/mol. The van der Waals surface area contributed by atoms with Crippen LogP contribution in [0.4, 0.5) is 22.7 Å². The highest BCUT2D eigenvalue weighted by atomic mass is 16.2. The molecule has 16 heteroatoms. The van der Waals surface area contributed by atoms with Gasteiger partial charge in [-0.15, -0.1) is 0 Å². The number of aryl methyl sites for hydroxylation is 8. The van der Waals surface area contributed by atoms with Gasteiger partial charge in [-0.05, 0) is 220 Å². The van der Waals surface area contributed by atoms with Gasteiger partial charge >= 0.3 is 0 Å². The number of nitrogens with one attached hydrogen (secondary N) is 4. The van der Waals surface area contributed by atoms with Crippen molar-refractivity contribution in [1.82, 2.24) is 39.1 Å². The molecule has 8 atom stereocenters. The van der Waals surface area contributed by atoms with Crippen molar-refractivity contribution in [3.63, 3.8) is 0 Å². The SMILES string of the molecule is Cc1nn(C)cc1C(=O)Nc1ccccc1[C@@H]1C[C@@H]1C1(C)CC1.Cc1nn(C)cc1C(=O)Nc1ccccc1[C@@H]1C[C@H]1C1(C)CC1.Cc1nn(C)cc1C(=O)Nc1ccccc1[C@H]1C[C@@H]1C1(C)CC1.Cc1nn(C)cc1C(=O)Nc1ccccc1[C@H]1C[C@H]1C1(C)CC1. The van der Waals surface area contributed by atoms with E-state index in [0.29, 0.717) is 67.6 Å². The van der Waals surface area contributed by atoms with Crippen LogP contribution in [0, 0.1) is 73.0 Å². The highest BCUT2D eigenvalue weighted by molar-refractivity contribution is 6.07. The predicted octanol–water partition coefficient (Wildman–Crippen LogP) is 15.5. The fourth-order valence-corrected chi connectivity index (χ4v) is 15.3. The number of para-hydroxylation sites is 4. The van der Waals surface area contributed by atoms with Crippen LogP contribution in [0.3, 0.4) is 0 Å². The van der Waals surface area contributed by atoms with Crippen LogP contribution in [-0.2, 0) is 28.2 Å². The second kappa shape index (κ2) is 23.9. The third-order valence-corrected chi connectivity index (χ3v) is 22.4. The van der Waals surface area contributed by atoms with Crippen molar-refractivity contribution in [3.05, 3.63) is 189 Å². The standard InChI is InChI=1S/4C19H23N3O/c4*1-12-15(11-22(3)21-12)18(23)20-17-7-5-4-6-13(17)14-10-16(14)19(2)8-9-19/h4*4-7,11,14,16H,8-10H2,1-3H3,(H,20,23)/t2*14-,16+;2*14-,16-/m1010/s1. The summed E-state index contributed by atoms with van der Waals surface area (Å²) >= 11 is 0. The van der Waals surface area contributed by atoms with Gasteiger partial charge in [0.15, 0.2) is 0 Å². The summed E-state index contributed by atoms with van der Waals surface area (Å²) < 4.78 is 6.73. The summed E-state index contributed by atoms with van der Waals surface area (Å²) in [5.41, 5.74) is 16.8. The summed E-state index contributed by atoms with van der Waals surface area (Å²) in [5, 5.41) is 29.4. The summed E-state index contributed by atoms with van der Waals surface area (Å²) in [5.74, 6) is 5.31. The summed E-state index contributed by atoms with van der Waals surface area (Å²) in [6, 6.07) is 33.0. The number of amides is 4. The average molecular weight is 1240 g/mol. The van der Waals surface area contributed by atoms with E-state index in [1.54, 1.807) is 43.5 Å². The second-order valence-electron chi connectivity index (χ2n) is 29.8. The van der Waals surface area contributed by atoms with Gasteiger partial charge in [0.25, 0.3) is 23.6 Å². The summed E-state index contributed by atoms with van der Waals surface area (Å²) in [6.45, 7) is 17.1. The molecule has 0 bridgehead atoms. The minimum Gasteiger partial charge on any atom is -0.322 e. The third kappa shape index (κ3) is 13.3. The van der Waals surface area contributed by atoms with E-state index in [1.165, 1.54) is 99.3 Å². The molecule has 0 aliphatic heterocycles. The zero-order chi connectivity index (χ0) is 64.8. The molecule has 8 fully saturated rings. The van der Waals surface area contributed by atoms with E-state index < -0.39 is 0 Å². The molecule has 8 aliphatic carbocycles. The van der Waals surface area contributed by atoms with Crippen LogP contribution >= 0.6 is 0 Å². The van der Waals surface area contributed by atoms with Crippen molar-refractivity contribution >= 4 is 46.4 Å². The van der Waals surface area contributed by atoms with Gasteiger partial charge in [-0.1, -0.05) is 100 Å². The Bertz CT molecular complexity index is 3620. The van der Waals surface area contributed by atoms with Crippen molar-refractivity contribution in [2.45, 2.75) is 156 Å². The van der Waals surface area contributed by atoms with E-state index in [9.17, 15) is 19.2 Å². The van der Waals surface area contributed by atoms with E-state index in [1.807, 2.05) is 104 Å². The monoisotopic (exact) mass is 1240 g/mol. The molecule has 4 aromatic heterocycles. The molecule has 0 saturated heterocycles. The van der Waals surface area contributed by atoms with E-state index in [2.05, 4.69) is 118 Å². The molecule has 0 spiro atoms. The van der Waals surface area contributed by atoms with Crippen LogP contribution in [0.15, 0.2) is 122 Å². The van der Waals surface area contributed by atoms with Crippen molar-refractivity contribution in [3.8, 4) is 0 Å². The van der Waals surface area contributed by atoms with Crippen LogP contribution in [-0.4, -0.2) is 62.8 Å². The number of rotatable bonds is 16. The predicted molar refractivity (Wildman–Crippen MR) is 362 cm³/mol. The molecular formula is C76H92N12O4. The van der Waals surface area contributed by atoms with Crippen molar-refractivity contribution < 1.29 is 19.2 Å². The molecule has 92 heavy (non-hydrogen) atoms. The van der Waals surface area contributed by atoms with Gasteiger partial charge < -0.3 is 21.3 Å². The molecule has 0 unspecified atom stereocenters. The molecule has 4 aromatic carbocycles. The molecule has 8 aliphatic rings. The van der Waals surface area contributed by atoms with Crippen LogP contribution in [0.2, 0.25) is 0 Å². The maximum atomic E-state index is 12.6. The zero-order valence-electron chi connectivity index (χ0n) is 55.9. The topological polar surface area (TPSA) is 188 Å². The normalized spacial score (nSPS) is 24.3. The number of aromatic nitrogens is 8. The summed E-state index contributed by atoms with van der Waals surface area (Å²) in [4.78, 5) is 50.3. The quantitative estimate of drug-likeness (QED) is 0.0735. The highest BCUT2D eigenvalue weighted by Gasteiger charge is 2.59. The third-order valence-electron chi connectivity index (χ3n) is 22.4. The van der Waals surface area contributed by atoms with Gasteiger partial charge in [-0.25, -0.2) is 0 Å². The first-order chi connectivity index (χ1) is 43.9. The Morgan fingerprint density at radius 1 is 0.337 bits per heavy atom.